The van der Waals surface area contributed by atoms with Gasteiger partial charge in [0.25, 0.3) is 0 Å². The van der Waals surface area contributed by atoms with Crippen LogP contribution >= 0.6 is 0 Å². The van der Waals surface area contributed by atoms with Crippen LogP contribution in [0.2, 0.25) is 0 Å². The van der Waals surface area contributed by atoms with E-state index in [0.717, 1.165) is 0 Å². The van der Waals surface area contributed by atoms with Gasteiger partial charge in [0.15, 0.2) is 11.6 Å². The van der Waals surface area contributed by atoms with E-state index in [0.29, 0.717) is 61.4 Å². The normalized spacial score (nSPS) is 13.7. The van der Waals surface area contributed by atoms with Crippen LogP contribution in [0, 0.1) is 0 Å². The molecule has 0 spiro atoms. The average molecular weight is 414 g/mol. The maximum absolute atomic E-state index is 12.1. The Hall–Kier alpha value is -3.56. The third-order valence-electron chi connectivity index (χ3n) is 4.94. The van der Waals surface area contributed by atoms with Crippen LogP contribution in [0.1, 0.15) is 17.3 Å². The number of para-hydroxylation sites is 1. The highest BCUT2D eigenvalue weighted by atomic mass is 16.6. The lowest BCUT2D eigenvalue weighted by Gasteiger charge is -2.35. The first-order chi connectivity index (χ1) is 14.5. The van der Waals surface area contributed by atoms with Gasteiger partial charge in [-0.15, -0.1) is 0 Å². The van der Waals surface area contributed by atoms with Gasteiger partial charge in [-0.3, -0.25) is 0 Å². The monoisotopic (exact) mass is 414 g/mol. The first-order valence-corrected chi connectivity index (χ1v) is 9.66. The molecule has 1 amide bonds. The van der Waals surface area contributed by atoms with Crippen molar-refractivity contribution >= 4 is 35.1 Å². The molecule has 0 atom stereocenters. The summed E-state index contributed by atoms with van der Waals surface area (Å²) in [6.45, 7) is 4.30. The van der Waals surface area contributed by atoms with Crippen molar-refractivity contribution in [3.8, 4) is 0 Å². The molecule has 1 saturated heterocycles. The van der Waals surface area contributed by atoms with E-state index < -0.39 is 5.97 Å². The van der Waals surface area contributed by atoms with Crippen LogP contribution in [0.4, 0.5) is 27.8 Å². The van der Waals surface area contributed by atoms with Crippen LogP contribution in [-0.4, -0.2) is 73.9 Å². The number of anilines is 4. The molecule has 0 radical (unpaired) electrons. The van der Waals surface area contributed by atoms with E-state index in [2.05, 4.69) is 9.97 Å². The third-order valence-corrected chi connectivity index (χ3v) is 4.94. The van der Waals surface area contributed by atoms with Gasteiger partial charge < -0.3 is 29.9 Å². The zero-order valence-corrected chi connectivity index (χ0v) is 17.4. The van der Waals surface area contributed by atoms with Crippen molar-refractivity contribution in [1.29, 1.82) is 0 Å². The number of esters is 1. The molecule has 30 heavy (non-hydrogen) atoms. The Bertz CT molecular complexity index is 914. The summed E-state index contributed by atoms with van der Waals surface area (Å²) in [7, 11) is 3.12. The fourth-order valence-electron chi connectivity index (χ4n) is 3.37. The lowest BCUT2D eigenvalue weighted by Crippen LogP contribution is -2.49. The predicted molar refractivity (Wildman–Crippen MR) is 113 cm³/mol. The molecule has 1 aromatic heterocycles. The lowest BCUT2D eigenvalue weighted by molar-refractivity contribution is 0.0601. The smallest absolute Gasteiger partial charge is 0.409 e. The number of methoxy groups -OCH3 is 1. The van der Waals surface area contributed by atoms with Crippen LogP contribution in [0.5, 0.6) is 0 Å². The summed E-state index contributed by atoms with van der Waals surface area (Å²) in [4.78, 5) is 38.1. The maximum atomic E-state index is 12.1. The fourth-order valence-corrected chi connectivity index (χ4v) is 3.37. The molecule has 2 aromatic rings. The van der Waals surface area contributed by atoms with Crippen LogP contribution < -0.4 is 15.5 Å². The minimum absolute atomic E-state index is 0.312. The van der Waals surface area contributed by atoms with Gasteiger partial charge in [-0.2, -0.15) is 0 Å². The van der Waals surface area contributed by atoms with E-state index in [9.17, 15) is 9.59 Å². The minimum Gasteiger partial charge on any atom is -0.465 e. The van der Waals surface area contributed by atoms with Crippen LogP contribution in [-0.2, 0) is 9.47 Å². The number of ether oxygens (including phenoxy) is 2. The van der Waals surface area contributed by atoms with Crippen molar-refractivity contribution in [2.75, 3.05) is 62.5 Å². The Labute approximate surface area is 175 Å². The number of nitrogens with two attached hydrogens (primary N) is 1. The summed E-state index contributed by atoms with van der Waals surface area (Å²) in [5.74, 6) is 0.621. The van der Waals surface area contributed by atoms with E-state index in [1.807, 2.05) is 11.0 Å². The molecule has 10 heteroatoms. The second-order valence-electron chi connectivity index (χ2n) is 6.68. The van der Waals surface area contributed by atoms with Gasteiger partial charge in [0.2, 0.25) is 0 Å². The van der Waals surface area contributed by atoms with E-state index in [4.69, 9.17) is 15.2 Å². The van der Waals surface area contributed by atoms with Crippen LogP contribution in [0.15, 0.2) is 30.6 Å². The molecule has 1 aromatic carbocycles. The van der Waals surface area contributed by atoms with Crippen molar-refractivity contribution in [3.63, 3.8) is 0 Å². The predicted octanol–water partition coefficient (Wildman–Crippen LogP) is 1.89. The molecule has 0 aliphatic carbocycles. The van der Waals surface area contributed by atoms with Gasteiger partial charge >= 0.3 is 12.1 Å². The number of aromatic nitrogens is 2. The second kappa shape index (κ2) is 9.29. The van der Waals surface area contributed by atoms with Gasteiger partial charge in [0.05, 0.1) is 25.0 Å². The summed E-state index contributed by atoms with van der Waals surface area (Å²) in [6.07, 6.45) is 1.13. The standard InChI is InChI=1S/C20H26N6O4/c1-4-30-20(28)26-11-9-25(10-12-26)18-16(21)17(22-13-23-18)24(2)15-8-6-5-7-14(15)19(27)29-3/h5-8,13H,4,9-12,21H2,1-3H3. The Balaban J connectivity index is 1.83. The zero-order chi connectivity index (χ0) is 21.7. The fraction of sp³-hybridized carbons (Fsp3) is 0.400. The van der Waals surface area contributed by atoms with Crippen molar-refractivity contribution in [2.24, 2.45) is 0 Å². The zero-order valence-electron chi connectivity index (χ0n) is 17.4. The van der Waals surface area contributed by atoms with Gasteiger partial charge in [0, 0.05) is 33.2 Å². The Morgan fingerprint density at radius 1 is 1.17 bits per heavy atom. The maximum Gasteiger partial charge on any atom is 0.409 e. The topological polar surface area (TPSA) is 114 Å². The molecule has 0 unspecified atom stereocenters. The highest BCUT2D eigenvalue weighted by molar-refractivity contribution is 5.97. The largest absolute Gasteiger partial charge is 0.465 e. The number of benzene rings is 1. The Morgan fingerprint density at radius 3 is 2.53 bits per heavy atom. The highest BCUT2D eigenvalue weighted by Crippen LogP contribution is 2.34. The van der Waals surface area contributed by atoms with Crippen LogP contribution in [0.3, 0.4) is 0 Å². The molecule has 10 nitrogen and oxygen atoms in total. The molecule has 160 valence electrons. The molecule has 3 rings (SSSR count). The molecule has 1 aliphatic rings. The molecule has 0 saturated carbocycles. The third kappa shape index (κ3) is 4.22. The number of nitrogen functional groups attached to an aromatic ring is 1. The van der Waals surface area contributed by atoms with Crippen molar-refractivity contribution in [3.05, 3.63) is 36.2 Å². The van der Waals surface area contributed by atoms with Crippen molar-refractivity contribution in [1.82, 2.24) is 14.9 Å². The minimum atomic E-state index is -0.444. The number of rotatable bonds is 5. The molecule has 2 heterocycles. The number of nitrogens with zero attached hydrogens (tertiary/aromatic N) is 5. The van der Waals surface area contributed by atoms with Crippen molar-refractivity contribution in [2.45, 2.75) is 6.92 Å². The number of amides is 1. The Kier molecular flexibility index (Phi) is 6.55. The average Bonchev–Trinajstić information content (AvgIpc) is 2.78. The number of hydrogen-bond acceptors (Lipinski definition) is 9. The van der Waals surface area contributed by atoms with E-state index in [1.165, 1.54) is 13.4 Å². The molecule has 1 aliphatic heterocycles. The molecular weight excluding hydrogens is 388 g/mol. The van der Waals surface area contributed by atoms with E-state index in [1.54, 1.807) is 42.0 Å². The van der Waals surface area contributed by atoms with E-state index >= 15 is 0 Å². The summed E-state index contributed by atoms with van der Waals surface area (Å²) >= 11 is 0. The molecule has 0 bridgehead atoms. The number of piperazine rings is 1. The van der Waals surface area contributed by atoms with Gasteiger partial charge in [0.1, 0.15) is 12.0 Å². The summed E-state index contributed by atoms with van der Waals surface area (Å²) < 4.78 is 9.94. The molecule has 1 fully saturated rings. The van der Waals surface area contributed by atoms with Gasteiger partial charge in [-0.25, -0.2) is 19.6 Å². The van der Waals surface area contributed by atoms with E-state index in [-0.39, 0.29) is 6.09 Å². The Morgan fingerprint density at radius 2 is 1.87 bits per heavy atom. The number of carbonyl (C=O) groups is 2. The molecule has 2 N–H and O–H groups in total. The number of hydrogen-bond donors (Lipinski definition) is 1. The second-order valence-corrected chi connectivity index (χ2v) is 6.68. The first kappa shape index (κ1) is 21.2. The first-order valence-electron chi connectivity index (χ1n) is 9.66. The quantitative estimate of drug-likeness (QED) is 0.733. The lowest BCUT2D eigenvalue weighted by atomic mass is 10.1. The summed E-state index contributed by atoms with van der Waals surface area (Å²) in [5, 5.41) is 0. The van der Waals surface area contributed by atoms with Crippen LogP contribution in [0.25, 0.3) is 0 Å². The SMILES string of the molecule is CCOC(=O)N1CCN(c2ncnc(N(C)c3ccccc3C(=O)OC)c2N)CC1. The summed E-state index contributed by atoms with van der Waals surface area (Å²) in [5.41, 5.74) is 7.84. The molecular formula is C20H26N6O4. The highest BCUT2D eigenvalue weighted by Gasteiger charge is 2.26. The number of carbonyl (C=O) groups excluding carboxylic acids is 2. The van der Waals surface area contributed by atoms with Gasteiger partial charge in [-0.05, 0) is 19.1 Å². The summed E-state index contributed by atoms with van der Waals surface area (Å²) in [6, 6.07) is 7.07. The van der Waals surface area contributed by atoms with Crippen molar-refractivity contribution < 1.29 is 19.1 Å². The van der Waals surface area contributed by atoms with Gasteiger partial charge in [-0.1, -0.05) is 12.1 Å².